The minimum absolute atomic E-state index is 0. The molecule has 0 N–H and O–H groups in total. The van der Waals surface area contributed by atoms with Crippen LogP contribution in [0.15, 0.2) is 12.8 Å². The van der Waals surface area contributed by atoms with E-state index in [1.807, 2.05) is 0 Å². The molecular formula is C6H13GeNO. The Morgan fingerprint density at radius 2 is 2.33 bits per heavy atom. The molecule has 1 fully saturated rings. The number of amides is 1. The molecule has 3 heteroatoms. The van der Waals surface area contributed by atoms with Crippen molar-refractivity contribution in [1.29, 1.82) is 0 Å². The van der Waals surface area contributed by atoms with Crippen LogP contribution < -0.4 is 0 Å². The second-order valence-corrected chi connectivity index (χ2v) is 1.87. The second kappa shape index (κ2) is 3.72. The molecule has 1 heterocycles. The summed E-state index contributed by atoms with van der Waals surface area (Å²) in [4.78, 5) is 12.3. The number of likely N-dealkylation sites (tertiary alicyclic amines) is 1. The molecule has 0 unspecified atom stereocenters. The monoisotopic (exact) mass is 189 g/mol. The molecule has 0 aromatic rings. The Bertz CT molecular complexity index is 124. The zero-order valence-corrected chi connectivity index (χ0v) is 4.76. The summed E-state index contributed by atoms with van der Waals surface area (Å²) in [5.74, 6) is 0.208. The van der Waals surface area contributed by atoms with Gasteiger partial charge in [-0.15, -0.1) is 0 Å². The fourth-order valence-corrected chi connectivity index (χ4v) is 0.862. The van der Waals surface area contributed by atoms with Crippen LogP contribution in [0.1, 0.15) is 12.8 Å². The van der Waals surface area contributed by atoms with Crippen molar-refractivity contribution in [3.63, 3.8) is 0 Å². The van der Waals surface area contributed by atoms with Gasteiger partial charge in [-0.3, -0.25) is 4.79 Å². The topological polar surface area (TPSA) is 20.3 Å². The fourth-order valence-electron chi connectivity index (χ4n) is 0.862. The van der Waals surface area contributed by atoms with E-state index in [-0.39, 0.29) is 23.5 Å². The van der Waals surface area contributed by atoms with Gasteiger partial charge in [0.15, 0.2) is 0 Å². The molecule has 0 radical (unpaired) electrons. The van der Waals surface area contributed by atoms with E-state index in [4.69, 9.17) is 0 Å². The predicted octanol–water partition coefficient (Wildman–Crippen LogP) is -0.699. The van der Waals surface area contributed by atoms with Crippen LogP contribution in [0.4, 0.5) is 0 Å². The van der Waals surface area contributed by atoms with E-state index in [0.29, 0.717) is 6.42 Å². The van der Waals surface area contributed by atoms with Gasteiger partial charge in [0, 0.05) is 13.0 Å². The van der Waals surface area contributed by atoms with Gasteiger partial charge in [-0.2, -0.15) is 0 Å². The number of carbonyl (C=O) groups is 1. The van der Waals surface area contributed by atoms with Crippen LogP contribution in [0.3, 0.4) is 0 Å². The normalized spacial score (nSPS) is 17.3. The molecule has 0 aliphatic carbocycles. The van der Waals surface area contributed by atoms with E-state index >= 15 is 0 Å². The Morgan fingerprint density at radius 3 is 2.56 bits per heavy atom. The van der Waals surface area contributed by atoms with Crippen molar-refractivity contribution in [2.75, 3.05) is 6.54 Å². The third kappa shape index (κ3) is 1.86. The summed E-state index contributed by atoms with van der Waals surface area (Å²) >= 11 is 0. The first-order valence-electron chi connectivity index (χ1n) is 2.76. The van der Waals surface area contributed by atoms with Crippen LogP contribution in [-0.4, -0.2) is 34.9 Å². The first-order chi connectivity index (χ1) is 3.84. The average molecular weight is 188 g/mol. The summed E-state index contributed by atoms with van der Waals surface area (Å²) in [6.45, 7) is 4.36. The van der Waals surface area contributed by atoms with Gasteiger partial charge in [0.05, 0.1) is 0 Å². The van der Waals surface area contributed by atoms with E-state index in [1.165, 1.54) is 0 Å². The van der Waals surface area contributed by atoms with Gasteiger partial charge < -0.3 is 4.90 Å². The van der Waals surface area contributed by atoms with Crippen molar-refractivity contribution in [1.82, 2.24) is 4.90 Å². The summed E-state index contributed by atoms with van der Waals surface area (Å²) < 4.78 is 0. The van der Waals surface area contributed by atoms with E-state index in [1.54, 1.807) is 11.1 Å². The zero-order chi connectivity index (χ0) is 5.98. The molecule has 0 bridgehead atoms. The van der Waals surface area contributed by atoms with Crippen molar-refractivity contribution >= 4 is 23.5 Å². The van der Waals surface area contributed by atoms with E-state index < -0.39 is 0 Å². The average Bonchev–Trinajstić information content (AvgIpc) is 2.14. The van der Waals surface area contributed by atoms with Gasteiger partial charge in [-0.05, 0) is 12.6 Å². The van der Waals surface area contributed by atoms with E-state index in [0.717, 1.165) is 13.0 Å². The van der Waals surface area contributed by atoms with Crippen LogP contribution in [0.25, 0.3) is 0 Å². The third-order valence-electron chi connectivity index (χ3n) is 1.33. The maximum absolute atomic E-state index is 10.7. The molecule has 0 saturated carbocycles. The van der Waals surface area contributed by atoms with Crippen molar-refractivity contribution in [2.24, 2.45) is 0 Å². The molecule has 52 valence electrons. The molecule has 0 spiro atoms. The van der Waals surface area contributed by atoms with Crippen molar-refractivity contribution in [3.05, 3.63) is 12.8 Å². The van der Waals surface area contributed by atoms with Crippen molar-refractivity contribution in [3.8, 4) is 0 Å². The Kier molecular flexibility index (Phi) is 3.61. The molecule has 1 amide bonds. The van der Waals surface area contributed by atoms with Gasteiger partial charge in [0.25, 0.3) is 0 Å². The first-order valence-corrected chi connectivity index (χ1v) is 2.76. The molecule has 1 aliphatic heterocycles. The first kappa shape index (κ1) is 8.75. The van der Waals surface area contributed by atoms with Gasteiger partial charge in [-0.25, -0.2) is 0 Å². The Morgan fingerprint density at radius 1 is 1.67 bits per heavy atom. The molecule has 0 aromatic carbocycles. The summed E-state index contributed by atoms with van der Waals surface area (Å²) in [5.41, 5.74) is 0. The molecule has 1 rings (SSSR count). The van der Waals surface area contributed by atoms with Crippen LogP contribution in [0.2, 0.25) is 0 Å². The molecular weight excluding hydrogens is 175 g/mol. The van der Waals surface area contributed by atoms with Gasteiger partial charge in [0.1, 0.15) is 0 Å². The van der Waals surface area contributed by atoms with Gasteiger partial charge in [0.2, 0.25) is 5.91 Å². The summed E-state index contributed by atoms with van der Waals surface area (Å²) in [6, 6.07) is 0. The third-order valence-corrected chi connectivity index (χ3v) is 1.33. The van der Waals surface area contributed by atoms with Crippen LogP contribution in [-0.2, 0) is 4.79 Å². The van der Waals surface area contributed by atoms with Crippen molar-refractivity contribution < 1.29 is 4.79 Å². The number of rotatable bonds is 1. The predicted molar refractivity (Wildman–Crippen MR) is 42.5 cm³/mol. The SMILES string of the molecule is C=CN1CCCC1=O.[GeH4]. The number of nitrogens with zero attached hydrogens (tertiary/aromatic N) is 1. The molecule has 0 atom stereocenters. The number of hydrogen-bond acceptors (Lipinski definition) is 1. The fraction of sp³-hybridized carbons (Fsp3) is 0.500. The van der Waals surface area contributed by atoms with Crippen LogP contribution >= 0.6 is 0 Å². The van der Waals surface area contributed by atoms with E-state index in [9.17, 15) is 4.79 Å². The molecule has 2 nitrogen and oxygen atoms in total. The minimum atomic E-state index is 0. The summed E-state index contributed by atoms with van der Waals surface area (Å²) in [5, 5.41) is 0. The Hall–Kier alpha value is -0.247. The zero-order valence-electron chi connectivity index (χ0n) is 4.76. The quantitative estimate of drug-likeness (QED) is 0.498. The molecule has 9 heavy (non-hydrogen) atoms. The number of carbonyl (C=O) groups excluding carboxylic acids is 1. The molecule has 0 aromatic heterocycles. The van der Waals surface area contributed by atoms with Crippen LogP contribution in [0.5, 0.6) is 0 Å². The Labute approximate surface area is 65.9 Å². The summed E-state index contributed by atoms with van der Waals surface area (Å²) in [6.07, 6.45) is 3.28. The van der Waals surface area contributed by atoms with Crippen LogP contribution in [0, 0.1) is 0 Å². The number of hydrogen-bond donors (Lipinski definition) is 0. The molecule has 1 aliphatic rings. The standard InChI is InChI=1S/C6H9NO.GeH4/c1-2-7-5-3-4-6(7)8;/h2H,1,3-5H2;1H4. The maximum atomic E-state index is 10.7. The molecule has 1 saturated heterocycles. The van der Waals surface area contributed by atoms with Crippen molar-refractivity contribution in [2.45, 2.75) is 12.8 Å². The van der Waals surface area contributed by atoms with Gasteiger partial charge in [-0.1, -0.05) is 6.58 Å². The Balaban J connectivity index is 0.000000640. The van der Waals surface area contributed by atoms with Gasteiger partial charge >= 0.3 is 17.6 Å². The van der Waals surface area contributed by atoms with E-state index in [2.05, 4.69) is 6.58 Å². The summed E-state index contributed by atoms with van der Waals surface area (Å²) in [7, 11) is 0. The second-order valence-electron chi connectivity index (χ2n) is 1.87.